The van der Waals surface area contributed by atoms with E-state index >= 15 is 0 Å². The van der Waals surface area contributed by atoms with Gasteiger partial charge in [-0.25, -0.2) is 13.1 Å². The molecule has 0 saturated heterocycles. The topological polar surface area (TPSA) is 108 Å². The normalized spacial score (nSPS) is 10.7. The largest absolute Gasteiger partial charge is 0.497 e. The van der Waals surface area contributed by atoms with Crippen LogP contribution in [0.2, 0.25) is 0 Å². The molecule has 2 aromatic rings. The zero-order valence-electron chi connectivity index (χ0n) is 13.5. The monoisotopic (exact) mass is 359 g/mol. The minimum atomic E-state index is -3.70. The first-order chi connectivity index (χ1) is 12.0. The van der Waals surface area contributed by atoms with E-state index in [-0.39, 0.29) is 23.8 Å². The number of para-hydroxylation sites is 1. The number of nitrogens with one attached hydrogen (secondary N) is 2. The Balaban J connectivity index is 1.90. The summed E-state index contributed by atoms with van der Waals surface area (Å²) in [6.07, 6.45) is -0.0604. The van der Waals surface area contributed by atoms with Gasteiger partial charge in [-0.15, -0.1) is 0 Å². The van der Waals surface area contributed by atoms with Gasteiger partial charge >= 0.3 is 0 Å². The number of ether oxygens (including phenoxy) is 1. The van der Waals surface area contributed by atoms with Crippen molar-refractivity contribution in [3.05, 3.63) is 54.1 Å². The summed E-state index contributed by atoms with van der Waals surface area (Å²) in [5.41, 5.74) is 0.739. The smallest absolute Gasteiger partial charge is 0.240 e. The Morgan fingerprint density at radius 3 is 2.48 bits per heavy atom. The van der Waals surface area contributed by atoms with Crippen molar-refractivity contribution in [2.45, 2.75) is 11.3 Å². The van der Waals surface area contributed by atoms with E-state index in [4.69, 9.17) is 10.00 Å². The highest BCUT2D eigenvalue weighted by molar-refractivity contribution is 7.89. The minimum absolute atomic E-state index is 0.0604. The Kier molecular flexibility index (Phi) is 6.11. The van der Waals surface area contributed by atoms with Gasteiger partial charge in [-0.3, -0.25) is 4.79 Å². The first kappa shape index (κ1) is 18.4. The molecule has 0 bridgehead atoms. The molecule has 0 heterocycles. The summed E-state index contributed by atoms with van der Waals surface area (Å²) in [5, 5.41) is 11.6. The molecule has 2 N–H and O–H groups in total. The third-order valence-corrected chi connectivity index (χ3v) is 4.81. The third kappa shape index (κ3) is 5.04. The van der Waals surface area contributed by atoms with Gasteiger partial charge in [-0.05, 0) is 36.4 Å². The summed E-state index contributed by atoms with van der Waals surface area (Å²) in [5.74, 6) is 0.162. The van der Waals surface area contributed by atoms with Crippen LogP contribution in [0.5, 0.6) is 5.75 Å². The molecule has 0 fully saturated rings. The maximum atomic E-state index is 12.1. The molecule has 1 amide bonds. The number of rotatable bonds is 7. The third-order valence-electron chi connectivity index (χ3n) is 3.34. The predicted octanol–water partition coefficient (Wildman–Crippen LogP) is 1.87. The van der Waals surface area contributed by atoms with Crippen molar-refractivity contribution in [1.29, 1.82) is 5.26 Å². The number of nitriles is 1. The number of hydrogen-bond donors (Lipinski definition) is 2. The van der Waals surface area contributed by atoms with Gasteiger partial charge < -0.3 is 10.1 Å². The van der Waals surface area contributed by atoms with Gasteiger partial charge in [-0.2, -0.15) is 5.26 Å². The van der Waals surface area contributed by atoms with Crippen LogP contribution in [0.15, 0.2) is 53.4 Å². The Labute approximate surface area is 146 Å². The van der Waals surface area contributed by atoms with E-state index in [0.29, 0.717) is 17.0 Å². The maximum absolute atomic E-state index is 12.1. The van der Waals surface area contributed by atoms with E-state index in [0.717, 1.165) is 0 Å². The molecule has 0 unspecified atom stereocenters. The molecule has 0 saturated carbocycles. The molecule has 0 aliphatic rings. The number of benzene rings is 2. The van der Waals surface area contributed by atoms with E-state index in [1.165, 1.54) is 19.2 Å². The molecule has 130 valence electrons. The lowest BCUT2D eigenvalue weighted by molar-refractivity contribution is -0.116. The van der Waals surface area contributed by atoms with Crippen molar-refractivity contribution < 1.29 is 17.9 Å². The zero-order valence-corrected chi connectivity index (χ0v) is 14.3. The van der Waals surface area contributed by atoms with Crippen LogP contribution < -0.4 is 14.8 Å². The van der Waals surface area contributed by atoms with Crippen molar-refractivity contribution in [3.8, 4) is 11.8 Å². The number of anilines is 1. The lowest BCUT2D eigenvalue weighted by Crippen LogP contribution is -2.28. The van der Waals surface area contributed by atoms with Gasteiger partial charge in [-0.1, -0.05) is 12.1 Å². The van der Waals surface area contributed by atoms with Crippen molar-refractivity contribution >= 4 is 21.6 Å². The Morgan fingerprint density at radius 2 is 1.84 bits per heavy atom. The highest BCUT2D eigenvalue weighted by Gasteiger charge is 2.14. The molecule has 0 radical (unpaired) electrons. The molecule has 2 rings (SSSR count). The first-order valence-corrected chi connectivity index (χ1v) is 8.87. The molecule has 0 atom stereocenters. The summed E-state index contributed by atoms with van der Waals surface area (Å²) >= 11 is 0. The van der Waals surface area contributed by atoms with Gasteiger partial charge in [0.05, 0.1) is 23.3 Å². The number of amides is 1. The van der Waals surface area contributed by atoms with E-state index < -0.39 is 10.0 Å². The SMILES string of the molecule is COc1ccc(S(=O)(=O)NCCC(=O)Nc2ccccc2C#N)cc1. The summed E-state index contributed by atoms with van der Waals surface area (Å²) in [4.78, 5) is 12.0. The van der Waals surface area contributed by atoms with Gasteiger partial charge in [0.1, 0.15) is 11.8 Å². The van der Waals surface area contributed by atoms with Crippen LogP contribution in [0.3, 0.4) is 0 Å². The van der Waals surface area contributed by atoms with Crippen molar-refractivity contribution in [2.24, 2.45) is 0 Å². The van der Waals surface area contributed by atoms with Gasteiger partial charge in [0, 0.05) is 13.0 Å². The van der Waals surface area contributed by atoms with Gasteiger partial charge in [0.2, 0.25) is 15.9 Å². The van der Waals surface area contributed by atoms with Crippen LogP contribution in [0.4, 0.5) is 5.69 Å². The predicted molar refractivity (Wildman–Crippen MR) is 92.6 cm³/mol. The standard InChI is InChI=1S/C17H17N3O4S/c1-24-14-6-8-15(9-7-14)25(22,23)19-11-10-17(21)20-16-5-3-2-4-13(16)12-18/h2-9,19H,10-11H2,1H3,(H,20,21). The average Bonchev–Trinajstić information content (AvgIpc) is 2.62. The number of methoxy groups -OCH3 is 1. The van der Waals surface area contributed by atoms with E-state index in [1.807, 2.05) is 6.07 Å². The molecule has 0 aliphatic heterocycles. The second kappa shape index (κ2) is 8.28. The van der Waals surface area contributed by atoms with Crippen molar-refractivity contribution in [1.82, 2.24) is 4.72 Å². The van der Waals surface area contributed by atoms with Crippen molar-refractivity contribution in [3.63, 3.8) is 0 Å². The maximum Gasteiger partial charge on any atom is 0.240 e. The number of hydrogen-bond acceptors (Lipinski definition) is 5. The van der Waals surface area contributed by atoms with Crippen molar-refractivity contribution in [2.75, 3.05) is 19.0 Å². The first-order valence-electron chi connectivity index (χ1n) is 7.39. The van der Waals surface area contributed by atoms with Gasteiger partial charge in [0.25, 0.3) is 0 Å². The lowest BCUT2D eigenvalue weighted by Gasteiger charge is -2.09. The molecular formula is C17H17N3O4S. The van der Waals surface area contributed by atoms with E-state index in [2.05, 4.69) is 10.0 Å². The quantitative estimate of drug-likeness (QED) is 0.784. The molecule has 2 aromatic carbocycles. The number of carbonyl (C=O) groups excluding carboxylic acids is 1. The fraction of sp³-hybridized carbons (Fsp3) is 0.176. The molecule has 0 aromatic heterocycles. The van der Waals surface area contributed by atoms with Crippen LogP contribution >= 0.6 is 0 Å². The van der Waals surface area contributed by atoms with Crippen LogP contribution in [0, 0.1) is 11.3 Å². The Bertz CT molecular complexity index is 887. The van der Waals surface area contributed by atoms with Crippen LogP contribution in [0.1, 0.15) is 12.0 Å². The Morgan fingerprint density at radius 1 is 1.16 bits per heavy atom. The molecule has 0 aliphatic carbocycles. The molecule has 7 nitrogen and oxygen atoms in total. The summed E-state index contributed by atoms with van der Waals surface area (Å²) in [6.45, 7) is -0.0606. The fourth-order valence-corrected chi connectivity index (χ4v) is 3.07. The number of sulfonamides is 1. The van der Waals surface area contributed by atoms with Gasteiger partial charge in [0.15, 0.2) is 0 Å². The second-order valence-electron chi connectivity index (χ2n) is 5.03. The molecule has 25 heavy (non-hydrogen) atoms. The molecule has 8 heteroatoms. The summed E-state index contributed by atoms with van der Waals surface area (Å²) < 4.78 is 31.6. The minimum Gasteiger partial charge on any atom is -0.497 e. The second-order valence-corrected chi connectivity index (χ2v) is 6.80. The van der Waals surface area contributed by atoms with Crippen LogP contribution in [-0.2, 0) is 14.8 Å². The highest BCUT2D eigenvalue weighted by Crippen LogP contribution is 2.16. The van der Waals surface area contributed by atoms with Crippen LogP contribution in [0.25, 0.3) is 0 Å². The number of nitrogens with zero attached hydrogens (tertiary/aromatic N) is 1. The highest BCUT2D eigenvalue weighted by atomic mass is 32.2. The Hall–Kier alpha value is -2.89. The van der Waals surface area contributed by atoms with E-state index in [1.54, 1.807) is 36.4 Å². The summed E-state index contributed by atoms with van der Waals surface area (Å²) in [7, 11) is -2.21. The van der Waals surface area contributed by atoms with Crippen LogP contribution in [-0.4, -0.2) is 28.0 Å². The molecular weight excluding hydrogens is 342 g/mol. The number of carbonyl (C=O) groups is 1. The summed E-state index contributed by atoms with van der Waals surface area (Å²) in [6, 6.07) is 14.5. The van der Waals surface area contributed by atoms with E-state index in [9.17, 15) is 13.2 Å². The zero-order chi connectivity index (χ0) is 18.3. The fourth-order valence-electron chi connectivity index (χ4n) is 2.04. The lowest BCUT2D eigenvalue weighted by atomic mass is 10.2. The average molecular weight is 359 g/mol. The molecule has 0 spiro atoms.